The zero-order chi connectivity index (χ0) is 19.7. The number of carbonyl (C=O) groups is 1. The van der Waals surface area contributed by atoms with Crippen molar-refractivity contribution in [2.45, 2.75) is 18.9 Å². The van der Waals surface area contributed by atoms with Gasteiger partial charge in [0.25, 0.3) is 5.91 Å². The fourth-order valence-electron chi connectivity index (χ4n) is 3.96. The maximum Gasteiger partial charge on any atom is 0.253 e. The molecule has 1 atom stereocenters. The van der Waals surface area contributed by atoms with Gasteiger partial charge in [0.2, 0.25) is 0 Å². The van der Waals surface area contributed by atoms with Crippen LogP contribution in [0.15, 0.2) is 60.7 Å². The molecule has 1 amide bonds. The summed E-state index contributed by atoms with van der Waals surface area (Å²) < 4.78 is 0. The molecule has 0 aromatic heterocycles. The first-order valence-electron chi connectivity index (χ1n) is 9.80. The second-order valence-electron chi connectivity index (χ2n) is 7.83. The number of aromatic hydroxyl groups is 1. The van der Waals surface area contributed by atoms with E-state index in [2.05, 4.69) is 25.1 Å². The summed E-state index contributed by atoms with van der Waals surface area (Å²) in [5.74, 6) is 0.393. The van der Waals surface area contributed by atoms with Gasteiger partial charge < -0.3 is 14.9 Å². The van der Waals surface area contributed by atoms with Crippen LogP contribution in [-0.2, 0) is 0 Å². The van der Waals surface area contributed by atoms with Gasteiger partial charge in [-0.15, -0.1) is 0 Å². The zero-order valence-corrected chi connectivity index (χ0v) is 16.4. The molecule has 0 bridgehead atoms. The number of piperidine rings is 1. The molecular formula is C24H26N2O2. The van der Waals surface area contributed by atoms with E-state index < -0.39 is 0 Å². The predicted octanol–water partition coefficient (Wildman–Crippen LogP) is 4.38. The smallest absolute Gasteiger partial charge is 0.253 e. The van der Waals surface area contributed by atoms with Crippen LogP contribution < -0.4 is 0 Å². The highest BCUT2D eigenvalue weighted by atomic mass is 16.3. The lowest BCUT2D eigenvalue weighted by Crippen LogP contribution is -2.47. The molecule has 3 aromatic rings. The van der Waals surface area contributed by atoms with Crippen molar-refractivity contribution >= 4 is 16.7 Å². The Kier molecular flexibility index (Phi) is 5.05. The van der Waals surface area contributed by atoms with E-state index in [9.17, 15) is 9.90 Å². The van der Waals surface area contributed by atoms with E-state index in [1.807, 2.05) is 47.4 Å². The van der Waals surface area contributed by atoms with Crippen molar-refractivity contribution in [3.05, 3.63) is 66.2 Å². The topological polar surface area (TPSA) is 43.8 Å². The third-order valence-corrected chi connectivity index (χ3v) is 5.70. The second-order valence-corrected chi connectivity index (χ2v) is 7.83. The third-order valence-electron chi connectivity index (χ3n) is 5.70. The Morgan fingerprint density at radius 3 is 2.39 bits per heavy atom. The minimum atomic E-state index is 0.118. The van der Waals surface area contributed by atoms with Gasteiger partial charge in [0.05, 0.1) is 0 Å². The lowest BCUT2D eigenvalue weighted by atomic mass is 9.99. The summed E-state index contributed by atoms with van der Waals surface area (Å²) in [6.07, 6.45) is 2.20. The Bertz CT molecular complexity index is 995. The third kappa shape index (κ3) is 3.73. The summed E-state index contributed by atoms with van der Waals surface area (Å²) in [4.78, 5) is 17.1. The van der Waals surface area contributed by atoms with Gasteiger partial charge in [-0.3, -0.25) is 4.79 Å². The Labute approximate surface area is 166 Å². The summed E-state index contributed by atoms with van der Waals surface area (Å²) in [6, 6.07) is 19.9. The van der Waals surface area contributed by atoms with Gasteiger partial charge in [0.1, 0.15) is 5.75 Å². The van der Waals surface area contributed by atoms with E-state index in [0.717, 1.165) is 53.4 Å². The molecule has 0 spiro atoms. The Hall–Kier alpha value is -2.85. The number of likely N-dealkylation sites (tertiary alicyclic amines) is 1. The van der Waals surface area contributed by atoms with E-state index in [4.69, 9.17) is 0 Å². The van der Waals surface area contributed by atoms with Gasteiger partial charge in [-0.2, -0.15) is 0 Å². The lowest BCUT2D eigenvalue weighted by Gasteiger charge is -2.36. The maximum absolute atomic E-state index is 12.9. The molecule has 0 aliphatic carbocycles. The predicted molar refractivity (Wildman–Crippen MR) is 114 cm³/mol. The molecule has 1 unspecified atom stereocenters. The van der Waals surface area contributed by atoms with Crippen molar-refractivity contribution in [2.24, 2.45) is 0 Å². The first-order chi connectivity index (χ1) is 13.5. The lowest BCUT2D eigenvalue weighted by molar-refractivity contribution is 0.0635. The van der Waals surface area contributed by atoms with Crippen molar-refractivity contribution in [1.29, 1.82) is 0 Å². The van der Waals surface area contributed by atoms with E-state index in [1.165, 1.54) is 0 Å². The summed E-state index contributed by atoms with van der Waals surface area (Å²) in [6.45, 7) is 1.63. The molecule has 1 fully saturated rings. The number of amides is 1. The van der Waals surface area contributed by atoms with Crippen LogP contribution in [0.5, 0.6) is 5.75 Å². The minimum Gasteiger partial charge on any atom is -0.508 e. The SMILES string of the molecule is CN(C)C1CCCN(C(=O)c2ccc(-c3ccc4cc(O)ccc4c3)cc2)C1. The summed E-state index contributed by atoms with van der Waals surface area (Å²) >= 11 is 0. The quantitative estimate of drug-likeness (QED) is 0.740. The van der Waals surface area contributed by atoms with Crippen LogP contribution in [0, 0.1) is 0 Å². The largest absolute Gasteiger partial charge is 0.508 e. The molecule has 1 aliphatic rings. The molecule has 1 aliphatic heterocycles. The van der Waals surface area contributed by atoms with Crippen LogP contribution in [0.1, 0.15) is 23.2 Å². The summed E-state index contributed by atoms with van der Waals surface area (Å²) in [5.41, 5.74) is 2.92. The van der Waals surface area contributed by atoms with Crippen LogP contribution in [-0.4, -0.2) is 54.0 Å². The number of nitrogens with zero attached hydrogens (tertiary/aromatic N) is 2. The van der Waals surface area contributed by atoms with Crippen LogP contribution in [0.3, 0.4) is 0 Å². The van der Waals surface area contributed by atoms with E-state index in [1.54, 1.807) is 12.1 Å². The Balaban J connectivity index is 1.53. The fourth-order valence-corrected chi connectivity index (χ4v) is 3.96. The second kappa shape index (κ2) is 7.64. The van der Waals surface area contributed by atoms with Crippen LogP contribution in [0.2, 0.25) is 0 Å². The molecule has 0 radical (unpaired) electrons. The van der Waals surface area contributed by atoms with Crippen molar-refractivity contribution in [3.8, 4) is 16.9 Å². The van der Waals surface area contributed by atoms with Crippen molar-refractivity contribution in [2.75, 3.05) is 27.2 Å². The first-order valence-corrected chi connectivity index (χ1v) is 9.80. The van der Waals surface area contributed by atoms with Crippen molar-refractivity contribution in [3.63, 3.8) is 0 Å². The van der Waals surface area contributed by atoms with E-state index in [-0.39, 0.29) is 11.7 Å². The average molecular weight is 374 g/mol. The highest BCUT2D eigenvalue weighted by Gasteiger charge is 2.25. The monoisotopic (exact) mass is 374 g/mol. The fraction of sp³-hybridized carbons (Fsp3) is 0.292. The zero-order valence-electron chi connectivity index (χ0n) is 16.4. The van der Waals surface area contributed by atoms with Crippen LogP contribution >= 0.6 is 0 Å². The molecule has 1 N–H and O–H groups in total. The maximum atomic E-state index is 12.9. The number of rotatable bonds is 3. The van der Waals surface area contributed by atoms with Gasteiger partial charge in [-0.25, -0.2) is 0 Å². The highest BCUT2D eigenvalue weighted by Crippen LogP contribution is 2.27. The molecule has 4 heteroatoms. The van der Waals surface area contributed by atoms with E-state index >= 15 is 0 Å². The Morgan fingerprint density at radius 2 is 1.64 bits per heavy atom. The van der Waals surface area contributed by atoms with E-state index in [0.29, 0.717) is 6.04 Å². The van der Waals surface area contributed by atoms with Crippen LogP contribution in [0.4, 0.5) is 0 Å². The number of fused-ring (bicyclic) bond motifs is 1. The molecule has 1 heterocycles. The number of carbonyl (C=O) groups excluding carboxylic acids is 1. The number of phenols is 1. The minimum absolute atomic E-state index is 0.118. The number of likely N-dealkylation sites (N-methyl/N-ethyl adjacent to an activating group) is 1. The summed E-state index contributed by atoms with van der Waals surface area (Å²) in [5, 5.41) is 11.7. The number of benzene rings is 3. The van der Waals surface area contributed by atoms with Gasteiger partial charge >= 0.3 is 0 Å². The molecule has 28 heavy (non-hydrogen) atoms. The first kappa shape index (κ1) is 18.5. The number of hydrogen-bond donors (Lipinski definition) is 1. The standard InChI is InChI=1S/C24H26N2O2/c1-25(2)22-4-3-13-26(16-22)24(28)18-7-5-17(6-8-18)19-9-10-21-15-23(27)12-11-20(21)14-19/h5-12,14-15,22,27H,3-4,13,16H2,1-2H3. The molecule has 3 aromatic carbocycles. The van der Waals surface area contributed by atoms with Crippen molar-refractivity contribution < 1.29 is 9.90 Å². The Morgan fingerprint density at radius 1 is 0.964 bits per heavy atom. The van der Waals surface area contributed by atoms with Gasteiger partial charge in [-0.05, 0) is 79.2 Å². The van der Waals surface area contributed by atoms with Crippen molar-refractivity contribution in [1.82, 2.24) is 9.80 Å². The van der Waals surface area contributed by atoms with Gasteiger partial charge in [-0.1, -0.05) is 30.3 Å². The molecular weight excluding hydrogens is 348 g/mol. The van der Waals surface area contributed by atoms with Gasteiger partial charge in [0, 0.05) is 24.7 Å². The average Bonchev–Trinajstić information content (AvgIpc) is 2.73. The molecule has 1 saturated heterocycles. The molecule has 144 valence electrons. The number of hydrogen-bond acceptors (Lipinski definition) is 3. The molecule has 4 rings (SSSR count). The summed E-state index contributed by atoms with van der Waals surface area (Å²) in [7, 11) is 4.16. The normalized spacial score (nSPS) is 17.2. The van der Waals surface area contributed by atoms with Gasteiger partial charge in [0.15, 0.2) is 0 Å². The molecule has 0 saturated carbocycles. The number of phenolic OH excluding ortho intramolecular Hbond substituents is 1. The molecule has 4 nitrogen and oxygen atoms in total. The highest BCUT2D eigenvalue weighted by molar-refractivity contribution is 5.95. The van der Waals surface area contributed by atoms with Crippen LogP contribution in [0.25, 0.3) is 21.9 Å².